The molecule has 4 heterocycles. The Kier molecular flexibility index (Phi) is 11.1. The molecule has 0 aliphatic heterocycles. The van der Waals surface area contributed by atoms with E-state index in [-0.39, 0.29) is 20.1 Å². The zero-order valence-corrected chi connectivity index (χ0v) is 27.7. The third-order valence-electron chi connectivity index (χ3n) is 6.81. The summed E-state index contributed by atoms with van der Waals surface area (Å²) >= 11 is 1.82. The number of benzene rings is 4. The van der Waals surface area contributed by atoms with Crippen LogP contribution in [0.5, 0.6) is 0 Å². The Balaban J connectivity index is 0.000000139. The summed E-state index contributed by atoms with van der Waals surface area (Å²) in [5, 5.41) is 2.61. The van der Waals surface area contributed by atoms with Gasteiger partial charge in [0.15, 0.2) is 0 Å². The van der Waals surface area contributed by atoms with Gasteiger partial charge in [-0.05, 0) is 58.4 Å². The summed E-state index contributed by atoms with van der Waals surface area (Å²) in [4.78, 5) is 12.9. The van der Waals surface area contributed by atoms with Crippen molar-refractivity contribution in [3.63, 3.8) is 0 Å². The minimum Gasteiger partial charge on any atom is -0.305 e. The number of rotatable bonds is 3. The maximum atomic E-state index is 4.51. The smallest absolute Gasteiger partial charge is 0.305 e. The van der Waals surface area contributed by atoms with Crippen LogP contribution in [0, 0.1) is 25.1 Å². The van der Waals surface area contributed by atoms with Crippen LogP contribution in [-0.2, 0) is 20.1 Å². The van der Waals surface area contributed by atoms with E-state index in [4.69, 9.17) is 0 Å². The first-order valence-electron chi connectivity index (χ1n) is 14.3. The summed E-state index contributed by atoms with van der Waals surface area (Å²) in [6.07, 6.45) is 5.44. The normalized spacial score (nSPS) is 10.2. The number of nitrogens with zero attached hydrogens (tertiary/aromatic N) is 3. The molecule has 0 bridgehead atoms. The molecule has 8 rings (SSSR count). The molecule has 0 saturated carbocycles. The third-order valence-corrected chi connectivity index (χ3v) is 8.01. The molecule has 0 saturated heterocycles. The molecular formula is C40H28IrN3S. The monoisotopic (exact) mass is 775 g/mol. The Hall–Kier alpha value is -4.80. The largest absolute Gasteiger partial charge is 3.00 e. The van der Waals surface area contributed by atoms with Gasteiger partial charge in [-0.2, -0.15) is 11.3 Å². The van der Waals surface area contributed by atoms with E-state index in [9.17, 15) is 0 Å². The van der Waals surface area contributed by atoms with Gasteiger partial charge in [-0.25, -0.2) is 0 Å². The SMILES string of the molecule is Cc1ccnc(-c2[c-]ccc3c2sc2ccccc23)c1.[Ir+3].[c-]1ccccc1-c1ccccn1.[c-]1ccccc1-c1ccccn1. The van der Waals surface area contributed by atoms with Crippen molar-refractivity contribution in [1.29, 1.82) is 0 Å². The summed E-state index contributed by atoms with van der Waals surface area (Å²) in [5.74, 6) is 0. The van der Waals surface area contributed by atoms with E-state index in [1.807, 2.05) is 115 Å². The average molecular weight is 775 g/mol. The summed E-state index contributed by atoms with van der Waals surface area (Å²) in [6, 6.07) is 53.8. The minimum absolute atomic E-state index is 0. The molecule has 45 heavy (non-hydrogen) atoms. The van der Waals surface area contributed by atoms with Gasteiger partial charge in [0.1, 0.15) is 0 Å². The minimum atomic E-state index is 0. The van der Waals surface area contributed by atoms with Gasteiger partial charge in [0.05, 0.1) is 0 Å². The summed E-state index contributed by atoms with van der Waals surface area (Å²) in [6.45, 7) is 2.09. The van der Waals surface area contributed by atoms with Crippen LogP contribution in [0.15, 0.2) is 152 Å². The van der Waals surface area contributed by atoms with E-state index in [1.165, 1.54) is 25.7 Å². The predicted molar refractivity (Wildman–Crippen MR) is 183 cm³/mol. The van der Waals surface area contributed by atoms with Gasteiger partial charge in [0, 0.05) is 23.3 Å². The van der Waals surface area contributed by atoms with E-state index in [2.05, 4.69) is 76.5 Å². The van der Waals surface area contributed by atoms with Crippen molar-refractivity contribution in [2.24, 2.45) is 0 Å². The molecule has 218 valence electrons. The molecule has 0 amide bonds. The van der Waals surface area contributed by atoms with Crippen molar-refractivity contribution in [3.8, 4) is 33.8 Å². The number of thiophene rings is 1. The van der Waals surface area contributed by atoms with E-state index in [0.29, 0.717) is 0 Å². The molecule has 0 spiro atoms. The molecule has 0 unspecified atom stereocenters. The van der Waals surface area contributed by atoms with Crippen LogP contribution >= 0.6 is 11.3 Å². The molecule has 0 aliphatic carbocycles. The van der Waals surface area contributed by atoms with Gasteiger partial charge in [-0.3, -0.25) is 0 Å². The fraction of sp³-hybridized carbons (Fsp3) is 0.0250. The fourth-order valence-corrected chi connectivity index (χ4v) is 5.91. The second-order valence-electron chi connectivity index (χ2n) is 9.89. The molecule has 0 aliphatic rings. The van der Waals surface area contributed by atoms with Gasteiger partial charge in [0.25, 0.3) is 0 Å². The van der Waals surface area contributed by atoms with Gasteiger partial charge in [0.2, 0.25) is 0 Å². The first kappa shape index (κ1) is 31.6. The Morgan fingerprint density at radius 2 is 1.11 bits per heavy atom. The molecule has 0 atom stereocenters. The Morgan fingerprint density at radius 1 is 0.511 bits per heavy atom. The zero-order chi connectivity index (χ0) is 30.0. The van der Waals surface area contributed by atoms with Gasteiger partial charge < -0.3 is 15.0 Å². The number of fused-ring (bicyclic) bond motifs is 3. The second kappa shape index (κ2) is 15.8. The molecule has 8 aromatic rings. The van der Waals surface area contributed by atoms with Crippen LogP contribution in [-0.4, -0.2) is 15.0 Å². The Labute approximate surface area is 281 Å². The number of hydrogen-bond donors (Lipinski definition) is 0. The van der Waals surface area contributed by atoms with E-state index < -0.39 is 0 Å². The van der Waals surface area contributed by atoms with Crippen LogP contribution in [0.3, 0.4) is 0 Å². The Bertz CT molecular complexity index is 1910. The predicted octanol–water partition coefficient (Wildman–Crippen LogP) is 10.3. The molecule has 0 N–H and O–H groups in total. The van der Waals surface area contributed by atoms with Gasteiger partial charge >= 0.3 is 20.1 Å². The van der Waals surface area contributed by atoms with E-state index in [0.717, 1.165) is 33.8 Å². The second-order valence-corrected chi connectivity index (χ2v) is 10.9. The number of aryl methyl sites for hydroxylation is 1. The van der Waals surface area contributed by atoms with Gasteiger partial charge in [-0.15, -0.1) is 95.6 Å². The molecule has 5 heteroatoms. The summed E-state index contributed by atoms with van der Waals surface area (Å²) in [5.41, 5.74) is 7.35. The standard InChI is InChI=1S/C18H12NS.2C11H8N.Ir/c1-12-9-10-19-16(11-12)15-7-4-6-14-13-5-2-3-8-17(13)20-18(14)15;2*1-2-6-10(7-3-1)11-8-4-5-9-12-11;/h2-6,8-11H,1H3;2*1-6,8-9H;/q3*-1;+3. The van der Waals surface area contributed by atoms with Crippen molar-refractivity contribution >= 4 is 31.5 Å². The third kappa shape index (κ3) is 8.03. The van der Waals surface area contributed by atoms with Crippen molar-refractivity contribution in [2.45, 2.75) is 6.92 Å². The topological polar surface area (TPSA) is 38.7 Å². The van der Waals surface area contributed by atoms with Crippen molar-refractivity contribution in [3.05, 3.63) is 176 Å². The van der Waals surface area contributed by atoms with E-state index >= 15 is 0 Å². The molecule has 4 aromatic carbocycles. The first-order chi connectivity index (χ1) is 21.8. The van der Waals surface area contributed by atoms with Crippen molar-refractivity contribution < 1.29 is 20.1 Å². The summed E-state index contributed by atoms with van der Waals surface area (Å²) < 4.78 is 2.59. The molecule has 0 radical (unpaired) electrons. The van der Waals surface area contributed by atoms with Gasteiger partial charge in [-0.1, -0.05) is 59.5 Å². The summed E-state index contributed by atoms with van der Waals surface area (Å²) in [7, 11) is 0. The molecule has 3 nitrogen and oxygen atoms in total. The van der Waals surface area contributed by atoms with Crippen LogP contribution in [0.25, 0.3) is 53.9 Å². The Morgan fingerprint density at radius 3 is 1.69 bits per heavy atom. The van der Waals surface area contributed by atoms with Crippen LogP contribution in [0.2, 0.25) is 0 Å². The van der Waals surface area contributed by atoms with Crippen LogP contribution in [0.4, 0.5) is 0 Å². The maximum Gasteiger partial charge on any atom is 3.00 e. The molecule has 0 fully saturated rings. The van der Waals surface area contributed by atoms with Crippen molar-refractivity contribution in [2.75, 3.05) is 0 Å². The zero-order valence-electron chi connectivity index (χ0n) is 24.5. The average Bonchev–Trinajstić information content (AvgIpc) is 3.50. The van der Waals surface area contributed by atoms with Crippen molar-refractivity contribution in [1.82, 2.24) is 15.0 Å². The molecular weight excluding hydrogens is 747 g/mol. The maximum absolute atomic E-state index is 4.51. The molecule has 4 aromatic heterocycles. The number of pyridine rings is 3. The number of hydrogen-bond acceptors (Lipinski definition) is 4. The van der Waals surface area contributed by atoms with Crippen LogP contribution in [0.1, 0.15) is 5.56 Å². The fourth-order valence-electron chi connectivity index (χ4n) is 4.70. The first-order valence-corrected chi connectivity index (χ1v) is 15.1. The number of aromatic nitrogens is 3. The van der Waals surface area contributed by atoms with E-state index in [1.54, 1.807) is 12.4 Å². The quantitative estimate of drug-likeness (QED) is 0.168. The van der Waals surface area contributed by atoms with Crippen LogP contribution < -0.4 is 0 Å².